The molecule has 4 N–H and O–H groups in total. The number of phenolic OH excluding ortho intramolecular Hbond substituents is 1. The van der Waals surface area contributed by atoms with Crippen LogP contribution in [0.3, 0.4) is 0 Å². The molecule has 0 bridgehead atoms. The number of anilines is 1. The number of hydrogen-bond donors (Lipinski definition) is 4. The van der Waals surface area contributed by atoms with E-state index in [2.05, 4.69) is 15.5 Å². The minimum atomic E-state index is -1.15. The summed E-state index contributed by atoms with van der Waals surface area (Å²) in [5, 5.41) is 26.1. The van der Waals surface area contributed by atoms with Crippen molar-refractivity contribution in [3.63, 3.8) is 0 Å². The van der Waals surface area contributed by atoms with Crippen molar-refractivity contribution in [2.75, 3.05) is 5.32 Å². The van der Waals surface area contributed by atoms with Crippen LogP contribution in [-0.4, -0.2) is 32.3 Å². The lowest BCUT2D eigenvalue weighted by atomic mass is 10.2. The highest BCUT2D eigenvalue weighted by Crippen LogP contribution is 2.11. The number of amides is 1. The summed E-state index contributed by atoms with van der Waals surface area (Å²) < 4.78 is 0. The molecule has 0 unspecified atom stereocenters. The monoisotopic (exact) mass is 273 g/mol. The molecule has 1 aromatic heterocycles. The molecular weight excluding hydrogens is 262 g/mol. The van der Waals surface area contributed by atoms with Crippen molar-refractivity contribution in [2.24, 2.45) is 0 Å². The lowest BCUT2D eigenvalue weighted by Gasteiger charge is -1.96. The van der Waals surface area contributed by atoms with Gasteiger partial charge in [0.1, 0.15) is 11.4 Å². The van der Waals surface area contributed by atoms with Crippen LogP contribution in [0.2, 0.25) is 0 Å². The predicted molar refractivity (Wildman–Crippen MR) is 71.3 cm³/mol. The molecule has 0 aliphatic heterocycles. The smallest absolute Gasteiger partial charge is 0.353 e. The van der Waals surface area contributed by atoms with E-state index in [9.17, 15) is 9.59 Å². The maximum Gasteiger partial charge on any atom is 0.353 e. The second-order valence-electron chi connectivity index (χ2n) is 3.89. The second-order valence-corrected chi connectivity index (χ2v) is 3.89. The van der Waals surface area contributed by atoms with Gasteiger partial charge in [-0.15, -0.1) is 0 Å². The number of aromatic carboxylic acids is 1. The molecule has 0 fully saturated rings. The molecule has 1 heterocycles. The lowest BCUT2D eigenvalue weighted by molar-refractivity contribution is -0.111. The number of phenols is 1. The topological polar surface area (TPSA) is 115 Å². The quantitative estimate of drug-likeness (QED) is 0.629. The zero-order chi connectivity index (χ0) is 14.5. The fraction of sp³-hybridized carbons (Fsp3) is 0. The molecule has 0 aliphatic rings. The third kappa shape index (κ3) is 3.45. The molecule has 0 spiro atoms. The summed E-state index contributed by atoms with van der Waals surface area (Å²) in [5.74, 6) is -1.33. The van der Waals surface area contributed by atoms with Gasteiger partial charge in [-0.25, -0.2) is 4.79 Å². The molecule has 0 aliphatic carbocycles. The van der Waals surface area contributed by atoms with Crippen molar-refractivity contribution in [1.29, 1.82) is 0 Å². The first kappa shape index (κ1) is 13.3. The van der Waals surface area contributed by atoms with Gasteiger partial charge in [0.15, 0.2) is 5.82 Å². The molecule has 7 heteroatoms. The molecule has 2 rings (SSSR count). The summed E-state index contributed by atoms with van der Waals surface area (Å²) in [6.45, 7) is 0. The number of carboxylic acids is 1. The Labute approximate surface area is 113 Å². The molecule has 0 saturated carbocycles. The molecule has 0 atom stereocenters. The largest absolute Gasteiger partial charge is 0.508 e. The molecule has 2 aromatic rings. The molecule has 20 heavy (non-hydrogen) atoms. The first-order chi connectivity index (χ1) is 9.54. The average molecular weight is 273 g/mol. The number of hydrogen-bond acceptors (Lipinski definition) is 4. The summed E-state index contributed by atoms with van der Waals surface area (Å²) >= 11 is 0. The van der Waals surface area contributed by atoms with Gasteiger partial charge in [0.05, 0.1) is 0 Å². The Morgan fingerprint density at radius 3 is 2.55 bits per heavy atom. The third-order valence-corrected chi connectivity index (χ3v) is 2.38. The van der Waals surface area contributed by atoms with Crippen LogP contribution in [-0.2, 0) is 4.79 Å². The standard InChI is InChI=1S/C13H11N3O4/c17-9-4-1-8(2-5-9)3-6-12(18)14-11-7-10(13(19)20)15-16-11/h1-7,17H,(H,19,20)(H2,14,15,16,18). The number of aromatic amines is 1. The SMILES string of the molecule is O=C(C=Cc1ccc(O)cc1)Nc1cc(C(=O)O)[nH]n1. The van der Waals surface area contributed by atoms with Crippen molar-refractivity contribution in [2.45, 2.75) is 0 Å². The number of aromatic hydroxyl groups is 1. The highest BCUT2D eigenvalue weighted by atomic mass is 16.4. The van der Waals surface area contributed by atoms with Gasteiger partial charge in [0.25, 0.3) is 0 Å². The van der Waals surface area contributed by atoms with Crippen LogP contribution in [0.25, 0.3) is 6.08 Å². The fourth-order valence-electron chi connectivity index (χ4n) is 1.42. The Morgan fingerprint density at radius 1 is 1.25 bits per heavy atom. The lowest BCUT2D eigenvalue weighted by Crippen LogP contribution is -2.07. The first-order valence-corrected chi connectivity index (χ1v) is 5.61. The maximum atomic E-state index is 11.6. The minimum Gasteiger partial charge on any atom is -0.508 e. The van der Waals surface area contributed by atoms with Crippen LogP contribution in [0.5, 0.6) is 5.75 Å². The molecule has 102 valence electrons. The van der Waals surface area contributed by atoms with Crippen molar-refractivity contribution in [3.8, 4) is 5.75 Å². The summed E-state index contributed by atoms with van der Waals surface area (Å²) in [4.78, 5) is 22.2. The Balaban J connectivity index is 1.97. The van der Waals surface area contributed by atoms with E-state index in [1.807, 2.05) is 0 Å². The van der Waals surface area contributed by atoms with E-state index in [-0.39, 0.29) is 17.3 Å². The molecule has 7 nitrogen and oxygen atoms in total. The number of H-pyrrole nitrogens is 1. The fourth-order valence-corrected chi connectivity index (χ4v) is 1.42. The van der Waals surface area contributed by atoms with E-state index in [1.54, 1.807) is 18.2 Å². The van der Waals surface area contributed by atoms with Crippen molar-refractivity contribution in [1.82, 2.24) is 10.2 Å². The average Bonchev–Trinajstić information content (AvgIpc) is 2.87. The number of carbonyl (C=O) groups is 2. The molecule has 1 aromatic carbocycles. The van der Waals surface area contributed by atoms with Crippen molar-refractivity contribution >= 4 is 23.8 Å². The van der Waals surface area contributed by atoms with Gasteiger partial charge in [0.2, 0.25) is 5.91 Å². The maximum absolute atomic E-state index is 11.6. The summed E-state index contributed by atoms with van der Waals surface area (Å²) in [6, 6.07) is 7.52. The number of carboxylic acid groups (broad SMARTS) is 1. The van der Waals surface area contributed by atoms with Crippen molar-refractivity contribution in [3.05, 3.63) is 47.7 Å². The molecule has 1 amide bonds. The number of aromatic nitrogens is 2. The number of benzene rings is 1. The molecule has 0 saturated heterocycles. The Hall–Kier alpha value is -3.09. The van der Waals surface area contributed by atoms with Gasteiger partial charge in [0, 0.05) is 12.1 Å². The third-order valence-electron chi connectivity index (χ3n) is 2.38. The Bertz CT molecular complexity index is 659. The van der Waals surface area contributed by atoms with E-state index in [4.69, 9.17) is 10.2 Å². The number of nitrogens with one attached hydrogen (secondary N) is 2. The second kappa shape index (κ2) is 5.70. The zero-order valence-electron chi connectivity index (χ0n) is 10.2. The highest BCUT2D eigenvalue weighted by molar-refractivity contribution is 6.01. The van der Waals surface area contributed by atoms with E-state index >= 15 is 0 Å². The highest BCUT2D eigenvalue weighted by Gasteiger charge is 2.08. The van der Waals surface area contributed by atoms with Gasteiger partial charge >= 0.3 is 5.97 Å². The number of carbonyl (C=O) groups excluding carboxylic acids is 1. The van der Waals surface area contributed by atoms with Crippen LogP contribution in [0.4, 0.5) is 5.82 Å². The van der Waals surface area contributed by atoms with E-state index in [1.165, 1.54) is 24.3 Å². The van der Waals surface area contributed by atoms with Crippen LogP contribution >= 0.6 is 0 Å². The van der Waals surface area contributed by atoms with E-state index < -0.39 is 11.9 Å². The summed E-state index contributed by atoms with van der Waals surface area (Å²) in [5.41, 5.74) is 0.633. The predicted octanol–water partition coefficient (Wildman–Crippen LogP) is 1.47. The van der Waals surface area contributed by atoms with E-state index in [0.717, 1.165) is 5.56 Å². The van der Waals surface area contributed by atoms with Crippen LogP contribution in [0.1, 0.15) is 16.1 Å². The van der Waals surface area contributed by atoms with Gasteiger partial charge in [-0.05, 0) is 23.8 Å². The zero-order valence-corrected chi connectivity index (χ0v) is 10.2. The van der Waals surface area contributed by atoms with E-state index in [0.29, 0.717) is 0 Å². The Morgan fingerprint density at radius 2 is 1.95 bits per heavy atom. The number of rotatable bonds is 4. The van der Waals surface area contributed by atoms with Crippen LogP contribution < -0.4 is 5.32 Å². The first-order valence-electron chi connectivity index (χ1n) is 5.61. The summed E-state index contributed by atoms with van der Waals surface area (Å²) in [7, 11) is 0. The van der Waals surface area contributed by atoms with Gasteiger partial charge in [-0.2, -0.15) is 5.10 Å². The normalized spacial score (nSPS) is 10.6. The van der Waals surface area contributed by atoms with Crippen molar-refractivity contribution < 1.29 is 19.8 Å². The Kier molecular flexibility index (Phi) is 3.80. The van der Waals surface area contributed by atoms with Gasteiger partial charge in [-0.1, -0.05) is 12.1 Å². The van der Waals surface area contributed by atoms with Gasteiger partial charge < -0.3 is 15.5 Å². The molecule has 0 radical (unpaired) electrons. The van der Waals surface area contributed by atoms with Gasteiger partial charge in [-0.3, -0.25) is 9.89 Å². The van der Waals surface area contributed by atoms with Crippen LogP contribution in [0, 0.1) is 0 Å². The molecular formula is C13H11N3O4. The summed E-state index contributed by atoms with van der Waals surface area (Å²) in [6.07, 6.45) is 2.83. The van der Waals surface area contributed by atoms with Crippen LogP contribution in [0.15, 0.2) is 36.4 Å². The number of nitrogens with zero attached hydrogens (tertiary/aromatic N) is 1. The minimum absolute atomic E-state index is 0.109.